The molecule has 0 spiro atoms. The fourth-order valence-corrected chi connectivity index (χ4v) is 2.90. The highest BCUT2D eigenvalue weighted by molar-refractivity contribution is 8.00. The number of carbonyl (C=O) groups excluding carboxylic acids is 1. The minimum atomic E-state index is -0.372. The molecule has 2 aromatic rings. The third kappa shape index (κ3) is 3.97. The van der Waals surface area contributed by atoms with Crippen molar-refractivity contribution in [1.29, 1.82) is 0 Å². The summed E-state index contributed by atoms with van der Waals surface area (Å²) in [6, 6.07) is 5.08. The van der Waals surface area contributed by atoms with E-state index < -0.39 is 0 Å². The number of hydrogen-bond acceptors (Lipinski definition) is 6. The van der Waals surface area contributed by atoms with E-state index in [1.54, 1.807) is 32.2 Å². The van der Waals surface area contributed by atoms with Crippen LogP contribution in [0.25, 0.3) is 0 Å². The van der Waals surface area contributed by atoms with E-state index >= 15 is 0 Å². The van der Waals surface area contributed by atoms with E-state index in [1.165, 1.54) is 11.8 Å². The fourth-order valence-electron chi connectivity index (χ4n) is 1.96. The van der Waals surface area contributed by atoms with Gasteiger partial charge in [0.15, 0.2) is 0 Å². The summed E-state index contributed by atoms with van der Waals surface area (Å²) < 4.78 is 10.6. The number of thioether (sulfide) groups is 1. The van der Waals surface area contributed by atoms with Gasteiger partial charge in [0.1, 0.15) is 5.75 Å². The maximum Gasteiger partial charge on any atom is 0.277 e. The van der Waals surface area contributed by atoms with E-state index in [4.69, 9.17) is 20.8 Å². The van der Waals surface area contributed by atoms with Crippen molar-refractivity contribution >= 4 is 35.0 Å². The predicted octanol–water partition coefficient (Wildman–Crippen LogP) is 3.73. The molecule has 1 aromatic carbocycles. The first-order valence-corrected chi connectivity index (χ1v) is 8.47. The van der Waals surface area contributed by atoms with E-state index in [-0.39, 0.29) is 11.2 Å². The highest BCUT2D eigenvalue weighted by atomic mass is 35.5. The second-order valence-corrected chi connectivity index (χ2v) is 6.98. The molecule has 8 heteroatoms. The van der Waals surface area contributed by atoms with Crippen molar-refractivity contribution in [3.63, 3.8) is 0 Å². The Morgan fingerprint density at radius 3 is 2.91 bits per heavy atom. The lowest BCUT2D eigenvalue weighted by Gasteiger charge is -2.11. The second kappa shape index (κ2) is 6.80. The van der Waals surface area contributed by atoms with Gasteiger partial charge in [-0.2, -0.15) is 0 Å². The average molecular weight is 354 g/mol. The van der Waals surface area contributed by atoms with Crippen LogP contribution < -0.4 is 10.1 Å². The molecule has 1 fully saturated rings. The van der Waals surface area contributed by atoms with Crippen molar-refractivity contribution < 1.29 is 13.9 Å². The molecule has 1 aliphatic rings. The van der Waals surface area contributed by atoms with E-state index in [0.29, 0.717) is 33.5 Å². The van der Waals surface area contributed by atoms with Crippen LogP contribution in [0.4, 0.5) is 5.69 Å². The predicted molar refractivity (Wildman–Crippen MR) is 88.2 cm³/mol. The van der Waals surface area contributed by atoms with Crippen molar-refractivity contribution in [2.45, 2.75) is 36.2 Å². The average Bonchev–Trinajstić information content (AvgIpc) is 3.27. The minimum Gasteiger partial charge on any atom is -0.495 e. The summed E-state index contributed by atoms with van der Waals surface area (Å²) in [5.41, 5.74) is 0.609. The molecule has 3 rings (SSSR count). The molecule has 1 aliphatic carbocycles. The van der Waals surface area contributed by atoms with Crippen molar-refractivity contribution in [3.8, 4) is 5.75 Å². The van der Waals surface area contributed by atoms with Gasteiger partial charge in [0, 0.05) is 11.6 Å². The quantitative estimate of drug-likeness (QED) is 0.797. The van der Waals surface area contributed by atoms with E-state index in [2.05, 4.69) is 15.5 Å². The molecule has 0 bridgehead atoms. The van der Waals surface area contributed by atoms with Gasteiger partial charge < -0.3 is 14.5 Å². The number of aromatic nitrogens is 2. The number of nitrogens with zero attached hydrogens (tertiary/aromatic N) is 2. The molecule has 1 atom stereocenters. The summed E-state index contributed by atoms with van der Waals surface area (Å²) in [6.07, 6.45) is 2.20. The Balaban J connectivity index is 1.59. The largest absolute Gasteiger partial charge is 0.495 e. The van der Waals surface area contributed by atoms with Gasteiger partial charge in [0.2, 0.25) is 11.8 Å². The third-order valence-corrected chi connectivity index (χ3v) is 4.64. The molecule has 122 valence electrons. The molecule has 0 saturated heterocycles. The van der Waals surface area contributed by atoms with Gasteiger partial charge in [0.25, 0.3) is 5.22 Å². The highest BCUT2D eigenvalue weighted by Crippen LogP contribution is 2.40. The molecule has 1 heterocycles. The summed E-state index contributed by atoms with van der Waals surface area (Å²) in [4.78, 5) is 12.2. The number of nitrogens with one attached hydrogen (secondary N) is 1. The number of ether oxygens (including phenoxy) is 1. The van der Waals surface area contributed by atoms with Gasteiger partial charge in [-0.15, -0.1) is 10.2 Å². The molecule has 1 amide bonds. The first kappa shape index (κ1) is 16.1. The van der Waals surface area contributed by atoms with Crippen LogP contribution in [0.3, 0.4) is 0 Å². The lowest BCUT2D eigenvalue weighted by molar-refractivity contribution is -0.115. The molecule has 1 saturated carbocycles. The molecule has 0 aliphatic heterocycles. The SMILES string of the molecule is COc1ccc(NC(=O)[C@H](C)Sc2nnc(C3CC3)o2)cc1Cl. The Morgan fingerprint density at radius 1 is 1.48 bits per heavy atom. The number of hydrogen-bond donors (Lipinski definition) is 1. The second-order valence-electron chi connectivity index (χ2n) is 5.28. The molecule has 6 nitrogen and oxygen atoms in total. The fraction of sp³-hybridized carbons (Fsp3) is 0.400. The van der Waals surface area contributed by atoms with Crippen molar-refractivity contribution in [1.82, 2.24) is 10.2 Å². The summed E-state index contributed by atoms with van der Waals surface area (Å²) in [7, 11) is 1.54. The van der Waals surface area contributed by atoms with Gasteiger partial charge in [-0.05, 0) is 38.0 Å². The normalized spacial score (nSPS) is 15.3. The van der Waals surface area contributed by atoms with Crippen LogP contribution in [0, 0.1) is 0 Å². The monoisotopic (exact) mass is 353 g/mol. The number of halogens is 1. The minimum absolute atomic E-state index is 0.164. The van der Waals surface area contributed by atoms with Crippen LogP contribution in [-0.2, 0) is 4.79 Å². The van der Waals surface area contributed by atoms with Crippen LogP contribution in [0.2, 0.25) is 5.02 Å². The first-order valence-electron chi connectivity index (χ1n) is 7.21. The van der Waals surface area contributed by atoms with Crippen LogP contribution in [0.1, 0.15) is 31.6 Å². The van der Waals surface area contributed by atoms with Crippen molar-refractivity contribution in [3.05, 3.63) is 29.1 Å². The zero-order valence-electron chi connectivity index (χ0n) is 12.7. The molecular weight excluding hydrogens is 338 g/mol. The van der Waals surface area contributed by atoms with E-state index in [0.717, 1.165) is 12.8 Å². The maximum atomic E-state index is 12.2. The highest BCUT2D eigenvalue weighted by Gasteiger charge is 2.30. The number of methoxy groups -OCH3 is 1. The van der Waals surface area contributed by atoms with Gasteiger partial charge in [-0.25, -0.2) is 0 Å². The van der Waals surface area contributed by atoms with Crippen molar-refractivity contribution in [2.75, 3.05) is 12.4 Å². The van der Waals surface area contributed by atoms with E-state index in [9.17, 15) is 4.79 Å². The van der Waals surface area contributed by atoms with Crippen molar-refractivity contribution in [2.24, 2.45) is 0 Å². The zero-order valence-corrected chi connectivity index (χ0v) is 14.3. The Bertz CT molecular complexity index is 718. The number of benzene rings is 1. The molecule has 1 N–H and O–H groups in total. The number of carbonyl (C=O) groups is 1. The Kier molecular flexibility index (Phi) is 4.77. The van der Waals surface area contributed by atoms with Gasteiger partial charge in [-0.3, -0.25) is 4.79 Å². The zero-order chi connectivity index (χ0) is 16.4. The number of rotatable bonds is 6. The Hall–Kier alpha value is -1.73. The van der Waals surface area contributed by atoms with Crippen LogP contribution >= 0.6 is 23.4 Å². The topological polar surface area (TPSA) is 77.2 Å². The summed E-state index contributed by atoms with van der Waals surface area (Å²) in [6.45, 7) is 1.78. The molecular formula is C15H16ClN3O3S. The molecule has 0 unspecified atom stereocenters. The molecule has 0 radical (unpaired) electrons. The lowest BCUT2D eigenvalue weighted by Crippen LogP contribution is -2.22. The van der Waals surface area contributed by atoms with Gasteiger partial charge in [0.05, 0.1) is 17.4 Å². The lowest BCUT2D eigenvalue weighted by atomic mass is 10.3. The van der Waals surface area contributed by atoms with Crippen LogP contribution in [-0.4, -0.2) is 28.5 Å². The molecule has 1 aromatic heterocycles. The Morgan fingerprint density at radius 2 is 2.26 bits per heavy atom. The number of anilines is 1. The maximum absolute atomic E-state index is 12.2. The van der Waals surface area contributed by atoms with Gasteiger partial charge in [-0.1, -0.05) is 23.4 Å². The summed E-state index contributed by atoms with van der Waals surface area (Å²) in [5.74, 6) is 1.47. The first-order chi connectivity index (χ1) is 11.1. The van der Waals surface area contributed by atoms with E-state index in [1.807, 2.05) is 0 Å². The van der Waals surface area contributed by atoms with Gasteiger partial charge >= 0.3 is 0 Å². The summed E-state index contributed by atoms with van der Waals surface area (Å²) in [5, 5.41) is 11.3. The van der Waals surface area contributed by atoms with Crippen LogP contribution in [0.5, 0.6) is 5.75 Å². The Labute approximate surface area is 142 Å². The summed E-state index contributed by atoms with van der Waals surface area (Å²) >= 11 is 7.28. The number of amides is 1. The third-order valence-electron chi connectivity index (χ3n) is 3.41. The smallest absolute Gasteiger partial charge is 0.277 e. The standard InChI is InChI=1S/C15H16ClN3O3S/c1-8(23-15-19-18-14(22-15)9-3-4-9)13(20)17-10-5-6-12(21-2)11(16)7-10/h5-9H,3-4H2,1-2H3,(H,17,20)/t8-/m0/s1. The van der Waals surface area contributed by atoms with Crippen LogP contribution in [0.15, 0.2) is 27.8 Å². The molecule has 23 heavy (non-hydrogen) atoms.